The first kappa shape index (κ1) is 12.3. The molecule has 0 aliphatic carbocycles. The molecule has 3 nitrogen and oxygen atoms in total. The molecule has 3 heteroatoms. The maximum atomic E-state index is 12.2. The summed E-state index contributed by atoms with van der Waals surface area (Å²) in [5, 5.41) is 0.800. The predicted molar refractivity (Wildman–Crippen MR) is 80.1 cm³/mol. The fourth-order valence-corrected chi connectivity index (χ4v) is 2.74. The second-order valence-corrected chi connectivity index (χ2v) is 5.67. The summed E-state index contributed by atoms with van der Waals surface area (Å²) in [4.78, 5) is 18.0. The van der Waals surface area contributed by atoms with Gasteiger partial charge < -0.3 is 9.88 Å². The van der Waals surface area contributed by atoms with Crippen molar-refractivity contribution in [2.45, 2.75) is 32.6 Å². The van der Waals surface area contributed by atoms with Gasteiger partial charge in [0, 0.05) is 41.4 Å². The number of aromatic nitrogens is 1. The summed E-state index contributed by atoms with van der Waals surface area (Å²) in [6, 6.07) is 7.92. The number of anilines is 1. The van der Waals surface area contributed by atoms with Crippen LogP contribution in [-0.4, -0.2) is 18.1 Å². The molecule has 2 aromatic rings. The van der Waals surface area contributed by atoms with Crippen molar-refractivity contribution >= 4 is 16.6 Å². The zero-order chi connectivity index (χ0) is 13.4. The van der Waals surface area contributed by atoms with Crippen LogP contribution in [0.15, 0.2) is 29.1 Å². The molecule has 0 saturated carbocycles. The quantitative estimate of drug-likeness (QED) is 0.895. The Bertz CT molecular complexity index is 651. The van der Waals surface area contributed by atoms with E-state index in [1.807, 2.05) is 12.1 Å². The lowest BCUT2D eigenvalue weighted by Crippen LogP contribution is -2.18. The molecule has 1 aromatic carbocycles. The van der Waals surface area contributed by atoms with Crippen molar-refractivity contribution in [1.82, 2.24) is 4.98 Å². The maximum Gasteiger partial charge on any atom is 0.189 e. The summed E-state index contributed by atoms with van der Waals surface area (Å²) < 4.78 is 0. The van der Waals surface area contributed by atoms with Crippen LogP contribution in [0.5, 0.6) is 0 Å². The smallest absolute Gasteiger partial charge is 0.189 e. The molecule has 0 amide bonds. The normalized spacial score (nSPS) is 15.6. The van der Waals surface area contributed by atoms with E-state index in [2.05, 4.69) is 29.8 Å². The average Bonchev–Trinajstić information content (AvgIpc) is 2.92. The van der Waals surface area contributed by atoms with Gasteiger partial charge in [-0.25, -0.2) is 0 Å². The van der Waals surface area contributed by atoms with Gasteiger partial charge in [-0.1, -0.05) is 13.8 Å². The van der Waals surface area contributed by atoms with Crippen LogP contribution in [0, 0.1) is 0 Å². The summed E-state index contributed by atoms with van der Waals surface area (Å²) in [6.07, 6.45) is 2.50. The van der Waals surface area contributed by atoms with Crippen molar-refractivity contribution < 1.29 is 0 Å². The molecule has 0 spiro atoms. The van der Waals surface area contributed by atoms with Crippen molar-refractivity contribution in [2.24, 2.45) is 0 Å². The summed E-state index contributed by atoms with van der Waals surface area (Å²) in [5.74, 6) is 0.343. The molecule has 100 valence electrons. The minimum atomic E-state index is 0.124. The third-order valence-electron chi connectivity index (χ3n) is 3.93. The van der Waals surface area contributed by atoms with E-state index in [-0.39, 0.29) is 5.43 Å². The summed E-state index contributed by atoms with van der Waals surface area (Å²) >= 11 is 0. The summed E-state index contributed by atoms with van der Waals surface area (Å²) in [6.45, 7) is 6.40. The lowest BCUT2D eigenvalue weighted by Gasteiger charge is -2.18. The standard InChI is InChI=1S/C16H20N2O/c1-11(2)15-10-16(19)13-9-12(5-6-14(13)17-15)18-7-3-4-8-18/h5-6,9-11H,3-4,7-8H2,1-2H3,(H,17,19). The van der Waals surface area contributed by atoms with Crippen LogP contribution in [0.1, 0.15) is 38.3 Å². The van der Waals surface area contributed by atoms with Crippen molar-refractivity contribution in [3.8, 4) is 0 Å². The predicted octanol–water partition coefficient (Wildman–Crippen LogP) is 3.25. The Morgan fingerprint density at radius 3 is 2.58 bits per heavy atom. The number of benzene rings is 1. The van der Waals surface area contributed by atoms with E-state index in [9.17, 15) is 4.79 Å². The number of aromatic amines is 1. The highest BCUT2D eigenvalue weighted by atomic mass is 16.1. The van der Waals surface area contributed by atoms with Gasteiger partial charge in [0.25, 0.3) is 0 Å². The highest BCUT2D eigenvalue weighted by Crippen LogP contribution is 2.23. The Hall–Kier alpha value is -1.77. The van der Waals surface area contributed by atoms with Gasteiger partial charge in [-0.2, -0.15) is 0 Å². The van der Waals surface area contributed by atoms with Gasteiger partial charge >= 0.3 is 0 Å². The lowest BCUT2D eigenvalue weighted by atomic mass is 10.1. The SMILES string of the molecule is CC(C)c1cc(=O)c2cc(N3CCCC3)ccc2[nH]1. The zero-order valence-electron chi connectivity index (χ0n) is 11.6. The molecule has 0 bridgehead atoms. The number of H-pyrrole nitrogens is 1. The van der Waals surface area contributed by atoms with E-state index in [1.54, 1.807) is 6.07 Å². The topological polar surface area (TPSA) is 36.1 Å². The fraction of sp³-hybridized carbons (Fsp3) is 0.438. The molecule has 1 aliphatic heterocycles. The molecule has 0 radical (unpaired) electrons. The first-order chi connectivity index (χ1) is 9.15. The van der Waals surface area contributed by atoms with E-state index >= 15 is 0 Å². The van der Waals surface area contributed by atoms with Crippen molar-refractivity contribution in [2.75, 3.05) is 18.0 Å². The second kappa shape index (κ2) is 4.72. The maximum absolute atomic E-state index is 12.2. The Balaban J connectivity index is 2.10. The van der Waals surface area contributed by atoms with Crippen molar-refractivity contribution in [1.29, 1.82) is 0 Å². The van der Waals surface area contributed by atoms with Crippen LogP contribution in [0.3, 0.4) is 0 Å². The minimum absolute atomic E-state index is 0.124. The van der Waals surface area contributed by atoms with Crippen LogP contribution < -0.4 is 10.3 Å². The second-order valence-electron chi connectivity index (χ2n) is 5.67. The molecule has 3 rings (SSSR count). The number of hydrogen-bond donors (Lipinski definition) is 1. The first-order valence-electron chi connectivity index (χ1n) is 7.07. The van der Waals surface area contributed by atoms with E-state index in [4.69, 9.17) is 0 Å². The minimum Gasteiger partial charge on any atom is -0.372 e. The van der Waals surface area contributed by atoms with E-state index < -0.39 is 0 Å². The largest absolute Gasteiger partial charge is 0.372 e. The first-order valence-corrected chi connectivity index (χ1v) is 7.07. The lowest BCUT2D eigenvalue weighted by molar-refractivity contribution is 0.828. The number of hydrogen-bond acceptors (Lipinski definition) is 2. The van der Waals surface area contributed by atoms with Gasteiger partial charge in [-0.05, 0) is 37.0 Å². The number of nitrogens with zero attached hydrogens (tertiary/aromatic N) is 1. The van der Waals surface area contributed by atoms with Crippen LogP contribution >= 0.6 is 0 Å². The van der Waals surface area contributed by atoms with E-state index in [0.29, 0.717) is 5.92 Å². The van der Waals surface area contributed by atoms with Gasteiger partial charge in [-0.15, -0.1) is 0 Å². The van der Waals surface area contributed by atoms with Crippen molar-refractivity contribution in [3.05, 3.63) is 40.2 Å². The molecule has 1 aromatic heterocycles. The fourth-order valence-electron chi connectivity index (χ4n) is 2.74. The molecular formula is C16H20N2O. The molecule has 1 saturated heterocycles. The number of fused-ring (bicyclic) bond motifs is 1. The number of nitrogens with one attached hydrogen (secondary N) is 1. The third-order valence-corrected chi connectivity index (χ3v) is 3.93. The molecule has 0 atom stereocenters. The van der Waals surface area contributed by atoms with Crippen LogP contribution in [0.4, 0.5) is 5.69 Å². The van der Waals surface area contributed by atoms with Crippen LogP contribution in [0.2, 0.25) is 0 Å². The molecule has 0 unspecified atom stereocenters. The van der Waals surface area contributed by atoms with Gasteiger partial charge in [-0.3, -0.25) is 4.79 Å². The van der Waals surface area contributed by atoms with Gasteiger partial charge in [0.15, 0.2) is 5.43 Å². The molecule has 1 fully saturated rings. The van der Waals surface area contributed by atoms with Gasteiger partial charge in [0.1, 0.15) is 0 Å². The van der Waals surface area contributed by atoms with Crippen molar-refractivity contribution in [3.63, 3.8) is 0 Å². The van der Waals surface area contributed by atoms with Gasteiger partial charge in [0.05, 0.1) is 0 Å². The Morgan fingerprint density at radius 1 is 1.16 bits per heavy atom. The number of rotatable bonds is 2. The summed E-state index contributed by atoms with van der Waals surface area (Å²) in [5.41, 5.74) is 3.25. The molecule has 2 heterocycles. The molecular weight excluding hydrogens is 236 g/mol. The van der Waals surface area contributed by atoms with Crippen LogP contribution in [0.25, 0.3) is 10.9 Å². The highest BCUT2D eigenvalue weighted by molar-refractivity contribution is 5.82. The molecule has 1 aliphatic rings. The molecule has 19 heavy (non-hydrogen) atoms. The zero-order valence-corrected chi connectivity index (χ0v) is 11.6. The molecule has 1 N–H and O–H groups in total. The van der Waals surface area contributed by atoms with Crippen LogP contribution in [-0.2, 0) is 0 Å². The van der Waals surface area contributed by atoms with E-state index in [0.717, 1.165) is 29.7 Å². The monoisotopic (exact) mass is 256 g/mol. The Morgan fingerprint density at radius 2 is 1.89 bits per heavy atom. The third kappa shape index (κ3) is 2.25. The number of pyridine rings is 1. The highest BCUT2D eigenvalue weighted by Gasteiger charge is 2.13. The van der Waals surface area contributed by atoms with Gasteiger partial charge in [0.2, 0.25) is 0 Å². The Labute approximate surface area is 113 Å². The summed E-state index contributed by atoms with van der Waals surface area (Å²) in [7, 11) is 0. The average molecular weight is 256 g/mol. The Kier molecular flexibility index (Phi) is 3.05. The van der Waals surface area contributed by atoms with E-state index in [1.165, 1.54) is 18.5 Å².